The number of benzene rings is 1. The second-order valence-corrected chi connectivity index (χ2v) is 8.46. The molecule has 0 aliphatic carbocycles. The van der Waals surface area contributed by atoms with Crippen LogP contribution in [0.5, 0.6) is 0 Å². The Morgan fingerprint density at radius 2 is 1.80 bits per heavy atom. The molecule has 0 spiro atoms. The predicted octanol–water partition coefficient (Wildman–Crippen LogP) is 5.11. The monoisotopic (exact) mass is 466 g/mol. The molecule has 5 rings (SSSR count). The van der Waals surface area contributed by atoms with Crippen LogP contribution in [0.1, 0.15) is 30.9 Å². The van der Waals surface area contributed by atoms with E-state index < -0.39 is 4.92 Å². The number of rotatable bonds is 7. The molecule has 4 aromatic heterocycles. The zero-order chi connectivity index (χ0) is 24.4. The third kappa shape index (κ3) is 4.96. The van der Waals surface area contributed by atoms with Gasteiger partial charge in [0.2, 0.25) is 0 Å². The number of fused-ring (bicyclic) bond motifs is 1. The fourth-order valence-corrected chi connectivity index (χ4v) is 3.63. The molecule has 0 aliphatic heterocycles. The van der Waals surface area contributed by atoms with Crippen LogP contribution in [0.15, 0.2) is 73.3 Å². The lowest BCUT2D eigenvalue weighted by molar-refractivity contribution is -0.384. The van der Waals surface area contributed by atoms with Crippen molar-refractivity contribution in [2.24, 2.45) is 0 Å². The van der Waals surface area contributed by atoms with E-state index in [1.165, 1.54) is 12.1 Å². The van der Waals surface area contributed by atoms with Crippen LogP contribution in [-0.2, 0) is 6.54 Å². The van der Waals surface area contributed by atoms with Crippen LogP contribution in [0.4, 0.5) is 17.3 Å². The van der Waals surface area contributed by atoms with Gasteiger partial charge >= 0.3 is 0 Å². The van der Waals surface area contributed by atoms with Crippen molar-refractivity contribution in [1.82, 2.24) is 29.9 Å². The van der Waals surface area contributed by atoms with Gasteiger partial charge in [-0.05, 0) is 41.3 Å². The van der Waals surface area contributed by atoms with Crippen molar-refractivity contribution in [2.45, 2.75) is 26.3 Å². The van der Waals surface area contributed by atoms with Gasteiger partial charge in [-0.25, -0.2) is 4.98 Å². The topological polar surface area (TPSA) is 125 Å². The van der Waals surface area contributed by atoms with Gasteiger partial charge in [-0.1, -0.05) is 26.0 Å². The standard InChI is InChI=1S/C25H22N8O2/c1-16(2)18-10-25(31-27-12-18)30-24-8-7-22-23(29-24)9-19(11-26-22)20-13-28-32(15-20)14-17-3-5-21(6-4-17)33(34)35/h3-13,15-16H,14H2,1-2H3,(H,29,30,31). The van der Waals surface area contributed by atoms with Crippen molar-refractivity contribution >= 4 is 28.4 Å². The molecule has 0 bridgehead atoms. The summed E-state index contributed by atoms with van der Waals surface area (Å²) in [7, 11) is 0. The van der Waals surface area contributed by atoms with Crippen LogP contribution in [0.2, 0.25) is 0 Å². The van der Waals surface area contributed by atoms with Crippen molar-refractivity contribution in [2.75, 3.05) is 5.32 Å². The molecule has 0 radical (unpaired) electrons. The molecular weight excluding hydrogens is 444 g/mol. The van der Waals surface area contributed by atoms with Crippen LogP contribution < -0.4 is 5.32 Å². The van der Waals surface area contributed by atoms with Crippen LogP contribution in [0.25, 0.3) is 22.2 Å². The minimum Gasteiger partial charge on any atom is -0.323 e. The molecule has 0 fully saturated rings. The molecule has 4 heterocycles. The Labute approximate surface area is 200 Å². The summed E-state index contributed by atoms with van der Waals surface area (Å²) in [6.07, 6.45) is 7.24. The predicted molar refractivity (Wildman–Crippen MR) is 132 cm³/mol. The molecule has 10 heteroatoms. The summed E-state index contributed by atoms with van der Waals surface area (Å²) in [5, 5.41) is 26.7. The molecule has 0 saturated carbocycles. The Morgan fingerprint density at radius 3 is 2.57 bits per heavy atom. The molecule has 5 aromatic rings. The number of hydrogen-bond acceptors (Lipinski definition) is 8. The van der Waals surface area contributed by atoms with Gasteiger partial charge in [0, 0.05) is 35.7 Å². The number of nitro benzene ring substituents is 1. The van der Waals surface area contributed by atoms with Gasteiger partial charge in [0.25, 0.3) is 5.69 Å². The first-order valence-corrected chi connectivity index (χ1v) is 11.1. The molecule has 35 heavy (non-hydrogen) atoms. The minimum atomic E-state index is -0.409. The van der Waals surface area contributed by atoms with Crippen LogP contribution >= 0.6 is 0 Å². The van der Waals surface area contributed by atoms with Gasteiger partial charge in [-0.15, -0.1) is 5.10 Å². The SMILES string of the molecule is CC(C)c1cnnc(Nc2ccc3ncc(-c4cnn(Cc5ccc([N+](=O)[O-])cc5)c4)cc3n2)c1. The molecule has 174 valence electrons. The lowest BCUT2D eigenvalue weighted by Crippen LogP contribution is -2.00. The molecule has 0 amide bonds. The van der Waals surface area contributed by atoms with Crippen molar-refractivity contribution in [3.63, 3.8) is 0 Å². The van der Waals surface area contributed by atoms with E-state index in [1.54, 1.807) is 35.4 Å². The maximum atomic E-state index is 10.8. The first-order valence-electron chi connectivity index (χ1n) is 11.1. The maximum absolute atomic E-state index is 10.8. The number of nitrogens with one attached hydrogen (secondary N) is 1. The number of pyridine rings is 2. The summed E-state index contributed by atoms with van der Waals surface area (Å²) >= 11 is 0. The van der Waals surface area contributed by atoms with Crippen molar-refractivity contribution < 1.29 is 4.92 Å². The lowest BCUT2D eigenvalue weighted by atomic mass is 10.1. The molecular formula is C25H22N8O2. The first kappa shape index (κ1) is 22.1. The van der Waals surface area contributed by atoms with Gasteiger partial charge in [-0.2, -0.15) is 10.2 Å². The number of hydrogen-bond donors (Lipinski definition) is 1. The number of aromatic nitrogens is 6. The fraction of sp³-hybridized carbons (Fsp3) is 0.160. The van der Waals surface area contributed by atoms with Crippen molar-refractivity contribution in [3.8, 4) is 11.1 Å². The van der Waals surface area contributed by atoms with Crippen LogP contribution in [-0.4, -0.2) is 34.9 Å². The van der Waals surface area contributed by atoms with Gasteiger partial charge in [0.15, 0.2) is 5.82 Å². The molecule has 1 N–H and O–H groups in total. The van der Waals surface area contributed by atoms with E-state index in [0.29, 0.717) is 24.1 Å². The normalized spacial score (nSPS) is 11.2. The number of non-ortho nitro benzene ring substituents is 1. The second-order valence-electron chi connectivity index (χ2n) is 8.46. The summed E-state index contributed by atoms with van der Waals surface area (Å²) in [5.41, 5.74) is 5.39. The van der Waals surface area contributed by atoms with E-state index in [2.05, 4.69) is 39.4 Å². The second kappa shape index (κ2) is 9.26. The minimum absolute atomic E-state index is 0.0678. The Balaban J connectivity index is 1.36. The summed E-state index contributed by atoms with van der Waals surface area (Å²) in [6, 6.07) is 14.2. The first-order chi connectivity index (χ1) is 16.9. The maximum Gasteiger partial charge on any atom is 0.269 e. The molecule has 0 unspecified atom stereocenters. The lowest BCUT2D eigenvalue weighted by Gasteiger charge is -2.09. The Hall–Kier alpha value is -4.73. The zero-order valence-electron chi connectivity index (χ0n) is 19.2. The summed E-state index contributed by atoms with van der Waals surface area (Å²) in [5.74, 6) is 1.64. The molecule has 10 nitrogen and oxygen atoms in total. The van der Waals surface area contributed by atoms with E-state index in [4.69, 9.17) is 4.98 Å². The number of anilines is 2. The van der Waals surface area contributed by atoms with Gasteiger partial charge in [0.05, 0.1) is 34.9 Å². The average molecular weight is 467 g/mol. The highest BCUT2D eigenvalue weighted by atomic mass is 16.6. The van der Waals surface area contributed by atoms with E-state index >= 15 is 0 Å². The smallest absolute Gasteiger partial charge is 0.269 e. The molecule has 0 saturated heterocycles. The zero-order valence-corrected chi connectivity index (χ0v) is 19.2. The van der Waals surface area contributed by atoms with E-state index in [1.807, 2.05) is 30.5 Å². The highest BCUT2D eigenvalue weighted by Gasteiger charge is 2.09. The number of nitrogens with zero attached hydrogens (tertiary/aromatic N) is 7. The molecule has 1 aromatic carbocycles. The summed E-state index contributed by atoms with van der Waals surface area (Å²) in [6.45, 7) is 4.72. The molecule has 0 aliphatic rings. The van der Waals surface area contributed by atoms with Gasteiger partial charge in [-0.3, -0.25) is 19.8 Å². The van der Waals surface area contributed by atoms with E-state index in [0.717, 1.165) is 33.3 Å². The highest BCUT2D eigenvalue weighted by molar-refractivity contribution is 5.81. The van der Waals surface area contributed by atoms with Crippen LogP contribution in [0, 0.1) is 10.1 Å². The fourth-order valence-electron chi connectivity index (χ4n) is 3.63. The summed E-state index contributed by atoms with van der Waals surface area (Å²) < 4.78 is 1.78. The Kier molecular flexibility index (Phi) is 5.84. The summed E-state index contributed by atoms with van der Waals surface area (Å²) in [4.78, 5) is 19.7. The average Bonchev–Trinajstić information content (AvgIpc) is 3.32. The van der Waals surface area contributed by atoms with Gasteiger partial charge in [0.1, 0.15) is 5.82 Å². The highest BCUT2D eigenvalue weighted by Crippen LogP contribution is 2.24. The third-order valence-corrected chi connectivity index (χ3v) is 5.59. The quantitative estimate of drug-likeness (QED) is 0.259. The van der Waals surface area contributed by atoms with E-state index in [-0.39, 0.29) is 5.69 Å². The van der Waals surface area contributed by atoms with E-state index in [9.17, 15) is 10.1 Å². The van der Waals surface area contributed by atoms with Crippen molar-refractivity contribution in [3.05, 3.63) is 94.6 Å². The van der Waals surface area contributed by atoms with Crippen molar-refractivity contribution in [1.29, 1.82) is 0 Å². The number of nitro groups is 1. The third-order valence-electron chi connectivity index (χ3n) is 5.59. The van der Waals surface area contributed by atoms with Gasteiger partial charge < -0.3 is 5.32 Å². The van der Waals surface area contributed by atoms with Crippen LogP contribution in [0.3, 0.4) is 0 Å². The largest absolute Gasteiger partial charge is 0.323 e. The molecule has 0 atom stereocenters. The Morgan fingerprint density at radius 1 is 0.971 bits per heavy atom. The Bertz CT molecular complexity index is 1510.